The second kappa shape index (κ2) is 6.18. The smallest absolute Gasteiger partial charge is 0.383 e. The zero-order valence-electron chi connectivity index (χ0n) is 10.1. The van der Waals surface area contributed by atoms with E-state index in [4.69, 9.17) is 0 Å². The zero-order valence-corrected chi connectivity index (χ0v) is 10.9. The first-order valence-electron chi connectivity index (χ1n) is 4.80. The molecule has 2 nitrogen and oxygen atoms in total. The summed E-state index contributed by atoms with van der Waals surface area (Å²) in [6, 6.07) is 0. The van der Waals surface area contributed by atoms with Crippen LogP contribution in [0.4, 0.5) is 39.5 Å². The summed E-state index contributed by atoms with van der Waals surface area (Å²) in [5.74, 6) is -13.5. The summed E-state index contributed by atoms with van der Waals surface area (Å²) in [6.45, 7) is -0.592. The number of hydrogen-bond acceptors (Lipinski definition) is 3. The second-order valence-corrected chi connectivity index (χ2v) is 4.92. The highest BCUT2D eigenvalue weighted by atomic mass is 32.2. The van der Waals surface area contributed by atoms with Crippen LogP contribution in [-0.4, -0.2) is 54.9 Å². The van der Waals surface area contributed by atoms with Crippen LogP contribution in [-0.2, 0) is 4.74 Å². The van der Waals surface area contributed by atoms with E-state index in [1.54, 1.807) is 0 Å². The Morgan fingerprint density at radius 2 is 1.35 bits per heavy atom. The van der Waals surface area contributed by atoms with Crippen molar-refractivity contribution in [3.63, 3.8) is 0 Å². The van der Waals surface area contributed by atoms with Crippen molar-refractivity contribution in [1.82, 2.24) is 4.31 Å². The monoisotopic (exact) mass is 339 g/mol. The maximum absolute atomic E-state index is 13.1. The van der Waals surface area contributed by atoms with Gasteiger partial charge in [-0.05, 0) is 7.05 Å². The summed E-state index contributed by atoms with van der Waals surface area (Å²) < 4.78 is 117. The summed E-state index contributed by atoms with van der Waals surface area (Å²) in [5, 5.41) is -5.66. The number of nitrogens with zero attached hydrogens (tertiary/aromatic N) is 1. The zero-order chi connectivity index (χ0) is 16.4. The number of alkyl halides is 9. The van der Waals surface area contributed by atoms with Crippen molar-refractivity contribution in [2.24, 2.45) is 0 Å². The highest BCUT2D eigenvalue weighted by molar-refractivity contribution is 7.98. The lowest BCUT2D eigenvalue weighted by Crippen LogP contribution is -2.60. The molecular weight excluding hydrogens is 329 g/mol. The number of likely N-dealkylation sites (N-methyl/N-ethyl adjacent to an activating group) is 1. The maximum Gasteiger partial charge on any atom is 0.460 e. The molecule has 0 heterocycles. The van der Waals surface area contributed by atoms with Gasteiger partial charge in [0.1, 0.15) is 0 Å². The standard InChI is InChI=1S/C8H10F9NOS/c1-18(3-4-19-2)20-8(16,17)6(11,12)5(9,10)7(13,14)15/h3-4H2,1-2H3. The van der Waals surface area contributed by atoms with Crippen molar-refractivity contribution in [2.75, 3.05) is 27.3 Å². The van der Waals surface area contributed by atoms with E-state index in [-0.39, 0.29) is 13.2 Å². The lowest BCUT2D eigenvalue weighted by molar-refractivity contribution is -0.381. The highest BCUT2D eigenvalue weighted by Crippen LogP contribution is 2.56. The van der Waals surface area contributed by atoms with Crippen molar-refractivity contribution >= 4 is 11.9 Å². The Kier molecular flexibility index (Phi) is 6.07. The maximum atomic E-state index is 13.1. The van der Waals surface area contributed by atoms with Gasteiger partial charge in [0.25, 0.3) is 0 Å². The number of rotatable bonds is 7. The second-order valence-electron chi connectivity index (χ2n) is 3.60. The lowest BCUT2D eigenvalue weighted by Gasteiger charge is -2.34. The van der Waals surface area contributed by atoms with Gasteiger partial charge in [-0.2, -0.15) is 39.5 Å². The summed E-state index contributed by atoms with van der Waals surface area (Å²) >= 11 is -1.12. The molecule has 0 unspecified atom stereocenters. The topological polar surface area (TPSA) is 12.5 Å². The van der Waals surface area contributed by atoms with E-state index in [0.29, 0.717) is 4.31 Å². The van der Waals surface area contributed by atoms with Crippen LogP contribution >= 0.6 is 11.9 Å². The van der Waals surface area contributed by atoms with E-state index in [1.807, 2.05) is 0 Å². The molecule has 0 aromatic heterocycles. The first-order valence-corrected chi connectivity index (χ1v) is 5.57. The average Bonchev–Trinajstić information content (AvgIpc) is 2.23. The quantitative estimate of drug-likeness (QED) is 0.519. The minimum Gasteiger partial charge on any atom is -0.383 e. The Balaban J connectivity index is 5.16. The Morgan fingerprint density at radius 1 is 0.900 bits per heavy atom. The van der Waals surface area contributed by atoms with Gasteiger partial charge >= 0.3 is 23.3 Å². The molecule has 0 aromatic rings. The van der Waals surface area contributed by atoms with Gasteiger partial charge in [-0.25, -0.2) is 4.31 Å². The van der Waals surface area contributed by atoms with Crippen molar-refractivity contribution in [3.05, 3.63) is 0 Å². The molecule has 0 aliphatic carbocycles. The van der Waals surface area contributed by atoms with Gasteiger partial charge in [-0.15, -0.1) is 0 Å². The predicted octanol–water partition coefficient (Wildman–Crippen LogP) is 3.64. The minimum absolute atomic E-state index is 0.208. The van der Waals surface area contributed by atoms with Crippen LogP contribution in [0.25, 0.3) is 0 Å². The van der Waals surface area contributed by atoms with Gasteiger partial charge in [-0.3, -0.25) is 0 Å². The van der Waals surface area contributed by atoms with Crippen LogP contribution < -0.4 is 0 Å². The molecule has 0 aliphatic rings. The van der Waals surface area contributed by atoms with E-state index < -0.39 is 35.2 Å². The molecule has 0 saturated heterocycles. The van der Waals surface area contributed by atoms with Crippen molar-refractivity contribution in [3.8, 4) is 0 Å². The Bertz CT molecular complexity index is 320. The van der Waals surface area contributed by atoms with Gasteiger partial charge in [-0.1, -0.05) is 0 Å². The summed E-state index contributed by atoms with van der Waals surface area (Å²) in [6.07, 6.45) is -6.80. The van der Waals surface area contributed by atoms with Crippen molar-refractivity contribution in [1.29, 1.82) is 0 Å². The van der Waals surface area contributed by atoms with Gasteiger partial charge < -0.3 is 4.74 Å². The molecule has 0 amide bonds. The molecule has 0 rings (SSSR count). The minimum atomic E-state index is -6.86. The molecule has 0 radical (unpaired) electrons. The highest BCUT2D eigenvalue weighted by Gasteiger charge is 2.82. The fourth-order valence-electron chi connectivity index (χ4n) is 0.879. The molecule has 0 atom stereocenters. The predicted molar refractivity (Wildman–Crippen MR) is 53.0 cm³/mol. The number of methoxy groups -OCH3 is 1. The van der Waals surface area contributed by atoms with E-state index >= 15 is 0 Å². The van der Waals surface area contributed by atoms with E-state index in [0.717, 1.165) is 14.2 Å². The van der Waals surface area contributed by atoms with E-state index in [2.05, 4.69) is 4.74 Å². The van der Waals surface area contributed by atoms with Crippen LogP contribution in [0.5, 0.6) is 0 Å². The molecule has 0 saturated carbocycles. The number of halogens is 9. The third-order valence-corrected chi connectivity index (χ3v) is 2.98. The molecule has 0 aliphatic heterocycles. The SMILES string of the molecule is COCCN(C)SC(F)(F)C(F)(F)C(F)(F)C(F)(F)F. The van der Waals surface area contributed by atoms with Crippen LogP contribution in [0.2, 0.25) is 0 Å². The van der Waals surface area contributed by atoms with Crippen LogP contribution in [0.1, 0.15) is 0 Å². The molecule has 0 fully saturated rings. The largest absolute Gasteiger partial charge is 0.460 e. The summed E-state index contributed by atoms with van der Waals surface area (Å²) in [4.78, 5) is 0. The molecule has 0 N–H and O–H groups in total. The Labute approximate surface area is 112 Å². The van der Waals surface area contributed by atoms with Gasteiger partial charge in [0.2, 0.25) is 0 Å². The van der Waals surface area contributed by atoms with Crippen LogP contribution in [0, 0.1) is 0 Å². The van der Waals surface area contributed by atoms with E-state index in [1.165, 1.54) is 0 Å². The molecule has 0 spiro atoms. The lowest BCUT2D eigenvalue weighted by atomic mass is 10.1. The molecule has 0 aromatic carbocycles. The Morgan fingerprint density at radius 3 is 1.70 bits per heavy atom. The van der Waals surface area contributed by atoms with Gasteiger partial charge in [0, 0.05) is 25.6 Å². The number of hydrogen-bond donors (Lipinski definition) is 0. The normalized spacial score (nSPS) is 15.0. The number of ether oxygens (including phenoxy) is 1. The van der Waals surface area contributed by atoms with Gasteiger partial charge in [0.05, 0.1) is 6.61 Å². The fraction of sp³-hybridized carbons (Fsp3) is 1.00. The third kappa shape index (κ3) is 3.85. The first-order chi connectivity index (χ1) is 8.70. The molecular formula is C8H10F9NOS. The average molecular weight is 339 g/mol. The van der Waals surface area contributed by atoms with E-state index in [9.17, 15) is 39.5 Å². The molecule has 20 heavy (non-hydrogen) atoms. The molecule has 122 valence electrons. The van der Waals surface area contributed by atoms with Crippen LogP contribution in [0.15, 0.2) is 0 Å². The van der Waals surface area contributed by atoms with Crippen molar-refractivity contribution < 1.29 is 44.3 Å². The summed E-state index contributed by atoms with van der Waals surface area (Å²) in [7, 11) is 1.97. The molecule has 12 heteroatoms. The fourth-order valence-corrected chi connectivity index (χ4v) is 1.68. The van der Waals surface area contributed by atoms with Gasteiger partial charge in [0.15, 0.2) is 0 Å². The molecule has 0 bridgehead atoms. The van der Waals surface area contributed by atoms with Crippen LogP contribution in [0.3, 0.4) is 0 Å². The summed E-state index contributed by atoms with van der Waals surface area (Å²) in [5.41, 5.74) is 0. The third-order valence-electron chi connectivity index (χ3n) is 2.00. The first kappa shape index (κ1) is 19.6. The Hall–Kier alpha value is -0.360. The van der Waals surface area contributed by atoms with Crippen molar-refractivity contribution in [2.45, 2.75) is 23.3 Å².